The lowest BCUT2D eigenvalue weighted by Gasteiger charge is -2.37. The standard InChI is InChI=1S/C18H38N4O2/c1-14-11-17(3,4)21-9-10-22(13-16(23)24)15(2)12-18(5,6)20-8-7-19-14/h14-15,19-21H,7-13H2,1-6H3,(H,23,24)/t14?,15-/m0/s1. The maximum absolute atomic E-state index is 11.2. The molecule has 0 spiro atoms. The van der Waals surface area contributed by atoms with Gasteiger partial charge in [-0.3, -0.25) is 9.69 Å². The Bertz CT molecular complexity index is 398. The monoisotopic (exact) mass is 342 g/mol. The third kappa shape index (κ3) is 8.42. The van der Waals surface area contributed by atoms with Gasteiger partial charge >= 0.3 is 5.97 Å². The van der Waals surface area contributed by atoms with Crippen LogP contribution in [0.15, 0.2) is 0 Å². The van der Waals surface area contributed by atoms with Gasteiger partial charge in [0.25, 0.3) is 0 Å². The van der Waals surface area contributed by atoms with E-state index in [1.54, 1.807) is 0 Å². The Kier molecular flexibility index (Phi) is 8.12. The Morgan fingerprint density at radius 1 is 1.04 bits per heavy atom. The molecule has 1 heterocycles. The molecule has 0 aliphatic carbocycles. The van der Waals surface area contributed by atoms with E-state index in [1.165, 1.54) is 0 Å². The van der Waals surface area contributed by atoms with Crippen molar-refractivity contribution >= 4 is 5.97 Å². The molecule has 4 N–H and O–H groups in total. The highest BCUT2D eigenvalue weighted by Gasteiger charge is 2.27. The van der Waals surface area contributed by atoms with Crippen LogP contribution in [0.3, 0.4) is 0 Å². The molecule has 1 rings (SSSR count). The Morgan fingerprint density at radius 3 is 2.25 bits per heavy atom. The summed E-state index contributed by atoms with van der Waals surface area (Å²) in [6.07, 6.45) is 1.95. The maximum atomic E-state index is 11.2. The number of hydrogen-bond donors (Lipinski definition) is 4. The van der Waals surface area contributed by atoms with Crippen molar-refractivity contribution in [1.29, 1.82) is 0 Å². The summed E-state index contributed by atoms with van der Waals surface area (Å²) in [5, 5.41) is 20.0. The maximum Gasteiger partial charge on any atom is 0.317 e. The molecule has 1 fully saturated rings. The lowest BCUT2D eigenvalue weighted by molar-refractivity contribution is -0.139. The van der Waals surface area contributed by atoms with Crippen LogP contribution >= 0.6 is 0 Å². The summed E-state index contributed by atoms with van der Waals surface area (Å²) in [5.74, 6) is -0.759. The summed E-state index contributed by atoms with van der Waals surface area (Å²) in [4.78, 5) is 13.3. The second-order valence-corrected chi connectivity index (χ2v) is 8.60. The third-order valence-corrected chi connectivity index (χ3v) is 4.81. The number of carboxylic acid groups (broad SMARTS) is 1. The molecule has 0 aromatic heterocycles. The lowest BCUT2D eigenvalue weighted by Crippen LogP contribution is -2.53. The van der Waals surface area contributed by atoms with Gasteiger partial charge in [-0.2, -0.15) is 0 Å². The first-order valence-electron chi connectivity index (χ1n) is 9.20. The molecule has 0 aromatic rings. The molecule has 0 bridgehead atoms. The van der Waals surface area contributed by atoms with Gasteiger partial charge in [0.1, 0.15) is 0 Å². The molecule has 1 saturated heterocycles. The Labute approximate surface area is 147 Å². The van der Waals surface area contributed by atoms with E-state index in [4.69, 9.17) is 0 Å². The van der Waals surface area contributed by atoms with E-state index in [0.717, 1.165) is 39.0 Å². The molecular formula is C18H38N4O2. The van der Waals surface area contributed by atoms with Crippen molar-refractivity contribution in [2.45, 2.75) is 77.5 Å². The van der Waals surface area contributed by atoms with E-state index in [0.29, 0.717) is 6.04 Å². The van der Waals surface area contributed by atoms with Crippen molar-refractivity contribution in [1.82, 2.24) is 20.9 Å². The van der Waals surface area contributed by atoms with Crippen LogP contribution in [0.4, 0.5) is 0 Å². The molecule has 1 aliphatic rings. The summed E-state index contributed by atoms with van der Waals surface area (Å²) in [6, 6.07) is 0.651. The minimum Gasteiger partial charge on any atom is -0.480 e. The van der Waals surface area contributed by atoms with E-state index in [2.05, 4.69) is 62.4 Å². The van der Waals surface area contributed by atoms with E-state index in [9.17, 15) is 9.90 Å². The largest absolute Gasteiger partial charge is 0.480 e. The van der Waals surface area contributed by atoms with E-state index < -0.39 is 5.97 Å². The molecular weight excluding hydrogens is 304 g/mol. The molecule has 0 aromatic carbocycles. The fourth-order valence-electron chi connectivity index (χ4n) is 3.74. The number of hydrogen-bond acceptors (Lipinski definition) is 5. The first-order valence-corrected chi connectivity index (χ1v) is 9.20. The highest BCUT2D eigenvalue weighted by Crippen LogP contribution is 2.17. The molecule has 0 saturated carbocycles. The minimum absolute atomic E-state index is 0.0160. The van der Waals surface area contributed by atoms with Crippen LogP contribution in [0.2, 0.25) is 0 Å². The molecule has 24 heavy (non-hydrogen) atoms. The summed E-state index contributed by atoms with van der Waals surface area (Å²) in [7, 11) is 0. The zero-order valence-corrected chi connectivity index (χ0v) is 16.4. The highest BCUT2D eigenvalue weighted by molar-refractivity contribution is 5.69. The van der Waals surface area contributed by atoms with Crippen LogP contribution in [-0.2, 0) is 4.79 Å². The molecule has 142 valence electrons. The number of nitrogens with one attached hydrogen (secondary N) is 3. The quantitative estimate of drug-likeness (QED) is 0.605. The molecule has 6 nitrogen and oxygen atoms in total. The number of aliphatic carboxylic acids is 1. The van der Waals surface area contributed by atoms with Crippen molar-refractivity contribution in [3.8, 4) is 0 Å². The zero-order valence-electron chi connectivity index (χ0n) is 16.4. The number of carboxylic acids is 1. The third-order valence-electron chi connectivity index (χ3n) is 4.81. The minimum atomic E-state index is -0.759. The predicted molar refractivity (Wildman–Crippen MR) is 99.5 cm³/mol. The summed E-state index contributed by atoms with van der Waals surface area (Å²) >= 11 is 0. The highest BCUT2D eigenvalue weighted by atomic mass is 16.4. The van der Waals surface area contributed by atoms with Crippen molar-refractivity contribution < 1.29 is 9.90 Å². The summed E-state index contributed by atoms with van der Waals surface area (Å²) < 4.78 is 0. The fourth-order valence-corrected chi connectivity index (χ4v) is 3.74. The van der Waals surface area contributed by atoms with Crippen LogP contribution in [0.1, 0.15) is 54.4 Å². The second-order valence-electron chi connectivity index (χ2n) is 8.60. The van der Waals surface area contributed by atoms with Crippen LogP contribution in [0, 0.1) is 0 Å². The summed E-state index contributed by atoms with van der Waals surface area (Å²) in [6.45, 7) is 16.6. The van der Waals surface area contributed by atoms with Gasteiger partial charge in [0.15, 0.2) is 0 Å². The normalized spacial score (nSPS) is 30.4. The van der Waals surface area contributed by atoms with E-state index in [-0.39, 0.29) is 23.7 Å². The van der Waals surface area contributed by atoms with Crippen LogP contribution in [0.5, 0.6) is 0 Å². The zero-order chi connectivity index (χ0) is 18.4. The lowest BCUT2D eigenvalue weighted by atomic mass is 9.94. The average molecular weight is 343 g/mol. The van der Waals surface area contributed by atoms with Crippen LogP contribution in [-0.4, -0.2) is 71.9 Å². The van der Waals surface area contributed by atoms with Gasteiger partial charge in [-0.25, -0.2) is 0 Å². The van der Waals surface area contributed by atoms with Gasteiger partial charge in [-0.1, -0.05) is 0 Å². The first-order chi connectivity index (χ1) is 11.0. The molecule has 2 atom stereocenters. The SMILES string of the molecule is CC1CC(C)(C)NCCN(CC(=O)O)[C@@H](C)CC(C)(C)NCCN1. The van der Waals surface area contributed by atoms with Gasteiger partial charge in [-0.05, 0) is 54.4 Å². The van der Waals surface area contributed by atoms with Gasteiger partial charge in [0.2, 0.25) is 0 Å². The van der Waals surface area contributed by atoms with Crippen molar-refractivity contribution in [3.05, 3.63) is 0 Å². The van der Waals surface area contributed by atoms with Gasteiger partial charge in [0, 0.05) is 49.3 Å². The second kappa shape index (κ2) is 9.13. The topological polar surface area (TPSA) is 76.6 Å². The van der Waals surface area contributed by atoms with Gasteiger partial charge in [-0.15, -0.1) is 0 Å². The van der Waals surface area contributed by atoms with Crippen LogP contribution < -0.4 is 16.0 Å². The Morgan fingerprint density at radius 2 is 1.62 bits per heavy atom. The first kappa shape index (κ1) is 21.4. The van der Waals surface area contributed by atoms with E-state index in [1.807, 2.05) is 0 Å². The van der Waals surface area contributed by atoms with Gasteiger partial charge in [0.05, 0.1) is 6.54 Å². The van der Waals surface area contributed by atoms with Crippen molar-refractivity contribution in [2.24, 2.45) is 0 Å². The molecule has 1 aliphatic heterocycles. The molecule has 1 unspecified atom stereocenters. The number of nitrogens with zero attached hydrogens (tertiary/aromatic N) is 1. The van der Waals surface area contributed by atoms with Crippen LogP contribution in [0.25, 0.3) is 0 Å². The average Bonchev–Trinajstić information content (AvgIpc) is 2.40. The predicted octanol–water partition coefficient (Wildman–Crippen LogP) is 1.27. The van der Waals surface area contributed by atoms with E-state index >= 15 is 0 Å². The number of carbonyl (C=O) groups is 1. The molecule has 6 heteroatoms. The molecule has 0 amide bonds. The van der Waals surface area contributed by atoms with Crippen molar-refractivity contribution in [2.75, 3.05) is 32.7 Å². The Hall–Kier alpha value is -0.690. The molecule has 0 radical (unpaired) electrons. The summed E-state index contributed by atoms with van der Waals surface area (Å²) in [5.41, 5.74) is 0.0132. The fraction of sp³-hybridized carbons (Fsp3) is 0.944. The number of rotatable bonds is 2. The smallest absolute Gasteiger partial charge is 0.317 e. The Balaban J connectivity index is 2.81. The van der Waals surface area contributed by atoms with Gasteiger partial charge < -0.3 is 21.1 Å². The van der Waals surface area contributed by atoms with Crippen molar-refractivity contribution in [3.63, 3.8) is 0 Å².